The highest BCUT2D eigenvalue weighted by molar-refractivity contribution is 5.77. The van der Waals surface area contributed by atoms with Crippen LogP contribution in [0.5, 0.6) is 0 Å². The summed E-state index contributed by atoms with van der Waals surface area (Å²) in [5.74, 6) is 6.50. The Morgan fingerprint density at radius 3 is 2.51 bits per heavy atom. The second-order valence-electron chi connectivity index (χ2n) is 9.47. The van der Waals surface area contributed by atoms with E-state index < -0.39 is 0 Å². The van der Waals surface area contributed by atoms with Crippen LogP contribution in [0.1, 0.15) is 30.0 Å². The maximum Gasteiger partial charge on any atom is 0.268 e. The lowest BCUT2D eigenvalue weighted by Gasteiger charge is -2.34. The Bertz CT molecular complexity index is 1520. The zero-order valence-corrected chi connectivity index (χ0v) is 21.7. The Kier molecular flexibility index (Phi) is 7.20. The molecule has 0 saturated carbocycles. The van der Waals surface area contributed by atoms with E-state index in [2.05, 4.69) is 64.1 Å². The molecule has 4 aromatic rings. The van der Waals surface area contributed by atoms with Crippen LogP contribution >= 0.6 is 0 Å². The van der Waals surface area contributed by atoms with Crippen LogP contribution in [0, 0.1) is 18.8 Å². The Morgan fingerprint density at radius 1 is 1.03 bits per heavy atom. The number of aromatic nitrogens is 3. The van der Waals surface area contributed by atoms with Crippen molar-refractivity contribution in [2.75, 3.05) is 43.4 Å². The van der Waals surface area contributed by atoms with Crippen LogP contribution < -0.4 is 15.8 Å². The van der Waals surface area contributed by atoms with E-state index in [1.54, 1.807) is 16.8 Å². The highest BCUT2D eigenvalue weighted by Crippen LogP contribution is 2.22. The van der Waals surface area contributed by atoms with E-state index >= 15 is 0 Å². The van der Waals surface area contributed by atoms with Gasteiger partial charge in [-0.2, -0.15) is 4.98 Å². The van der Waals surface area contributed by atoms with Crippen LogP contribution in [-0.2, 0) is 6.54 Å². The molecule has 0 aliphatic carbocycles. The van der Waals surface area contributed by atoms with Crippen molar-refractivity contribution in [3.05, 3.63) is 87.8 Å². The quantitative estimate of drug-likeness (QED) is 0.417. The number of anilines is 3. The summed E-state index contributed by atoms with van der Waals surface area (Å²) in [6.07, 6.45) is 2.44. The SMILES string of the molecule is CCC#Cc1cc2cnc(Nc3ccc(N4CCN(C)CC4)cc3)nc2n(Cc2ccccc2C)c1=O. The summed E-state index contributed by atoms with van der Waals surface area (Å²) in [7, 11) is 2.16. The second kappa shape index (κ2) is 10.9. The minimum atomic E-state index is -0.141. The average Bonchev–Trinajstić information content (AvgIpc) is 2.91. The van der Waals surface area contributed by atoms with Crippen LogP contribution in [0.2, 0.25) is 0 Å². The molecule has 0 atom stereocenters. The van der Waals surface area contributed by atoms with Crippen molar-refractivity contribution in [3.63, 3.8) is 0 Å². The molecule has 1 saturated heterocycles. The molecule has 7 nitrogen and oxygen atoms in total. The fraction of sp³-hybridized carbons (Fsp3) is 0.300. The molecule has 0 bridgehead atoms. The minimum absolute atomic E-state index is 0.141. The van der Waals surface area contributed by atoms with Gasteiger partial charge in [0, 0.05) is 55.6 Å². The van der Waals surface area contributed by atoms with Crippen molar-refractivity contribution < 1.29 is 0 Å². The molecular formula is C30H32N6O. The molecule has 1 N–H and O–H groups in total. The highest BCUT2D eigenvalue weighted by atomic mass is 16.1. The maximum absolute atomic E-state index is 13.5. The van der Waals surface area contributed by atoms with Gasteiger partial charge in [0.15, 0.2) is 0 Å². The lowest BCUT2D eigenvalue weighted by atomic mass is 10.1. The van der Waals surface area contributed by atoms with Crippen molar-refractivity contribution in [2.45, 2.75) is 26.8 Å². The maximum atomic E-state index is 13.5. The molecule has 2 aromatic carbocycles. The average molecular weight is 493 g/mol. The smallest absolute Gasteiger partial charge is 0.268 e. The van der Waals surface area contributed by atoms with Gasteiger partial charge in [-0.05, 0) is 55.4 Å². The summed E-state index contributed by atoms with van der Waals surface area (Å²) in [4.78, 5) is 27.5. The van der Waals surface area contributed by atoms with Gasteiger partial charge in [-0.1, -0.05) is 43.0 Å². The summed E-state index contributed by atoms with van der Waals surface area (Å²) in [5.41, 5.74) is 5.22. The third-order valence-electron chi connectivity index (χ3n) is 6.81. The van der Waals surface area contributed by atoms with Crippen LogP contribution in [0.4, 0.5) is 17.3 Å². The van der Waals surface area contributed by atoms with Gasteiger partial charge >= 0.3 is 0 Å². The molecule has 0 spiro atoms. The highest BCUT2D eigenvalue weighted by Gasteiger charge is 2.15. The minimum Gasteiger partial charge on any atom is -0.369 e. The summed E-state index contributed by atoms with van der Waals surface area (Å²) in [5, 5.41) is 4.09. The largest absolute Gasteiger partial charge is 0.369 e. The van der Waals surface area contributed by atoms with Crippen molar-refractivity contribution in [1.82, 2.24) is 19.4 Å². The molecule has 1 aliphatic heterocycles. The molecule has 1 fully saturated rings. The Morgan fingerprint density at radius 2 is 1.78 bits per heavy atom. The van der Waals surface area contributed by atoms with Crippen LogP contribution in [0.25, 0.3) is 11.0 Å². The van der Waals surface area contributed by atoms with Crippen LogP contribution in [0.3, 0.4) is 0 Å². The molecule has 1 aliphatic rings. The van der Waals surface area contributed by atoms with Gasteiger partial charge in [0.1, 0.15) is 5.65 Å². The number of benzene rings is 2. The van der Waals surface area contributed by atoms with E-state index in [1.807, 2.05) is 37.3 Å². The van der Waals surface area contributed by atoms with Crippen molar-refractivity contribution in [1.29, 1.82) is 0 Å². The Balaban J connectivity index is 1.47. The molecule has 37 heavy (non-hydrogen) atoms. The molecule has 7 heteroatoms. The molecule has 188 valence electrons. The number of nitrogens with one attached hydrogen (secondary N) is 1. The number of rotatable bonds is 5. The standard InChI is InChI=1S/C30H32N6O/c1-4-5-9-23-19-25-20-31-30(32-26-11-13-27(14-12-26)35-17-15-34(3)16-18-35)33-28(25)36(29(23)37)21-24-10-7-6-8-22(24)2/h6-8,10-14,19-20H,4,15-18,21H2,1-3H3,(H,31,32,33). The first-order valence-corrected chi connectivity index (χ1v) is 12.8. The van der Waals surface area contributed by atoms with Gasteiger partial charge in [0.25, 0.3) is 5.56 Å². The predicted molar refractivity (Wildman–Crippen MR) is 151 cm³/mol. The van der Waals surface area contributed by atoms with E-state index in [1.165, 1.54) is 5.69 Å². The van der Waals surface area contributed by atoms with E-state index in [9.17, 15) is 4.79 Å². The number of pyridine rings is 1. The first-order chi connectivity index (χ1) is 18.0. The predicted octanol–water partition coefficient (Wildman–Crippen LogP) is 4.41. The van der Waals surface area contributed by atoms with Gasteiger partial charge < -0.3 is 15.1 Å². The fourth-order valence-corrected chi connectivity index (χ4v) is 4.55. The molecular weight excluding hydrogens is 460 g/mol. The molecule has 3 heterocycles. The Hall–Kier alpha value is -4.15. The van der Waals surface area contributed by atoms with Crippen molar-refractivity contribution in [2.24, 2.45) is 0 Å². The van der Waals surface area contributed by atoms with Gasteiger partial charge in [0.05, 0.1) is 12.1 Å². The zero-order chi connectivity index (χ0) is 25.8. The number of hydrogen-bond acceptors (Lipinski definition) is 6. The van der Waals surface area contributed by atoms with Gasteiger partial charge in [-0.3, -0.25) is 9.36 Å². The van der Waals surface area contributed by atoms with E-state index in [4.69, 9.17) is 4.98 Å². The lowest BCUT2D eigenvalue weighted by molar-refractivity contribution is 0.313. The monoisotopic (exact) mass is 492 g/mol. The number of fused-ring (bicyclic) bond motifs is 1. The van der Waals surface area contributed by atoms with E-state index in [0.29, 0.717) is 30.1 Å². The number of aryl methyl sites for hydroxylation is 1. The molecule has 2 aromatic heterocycles. The normalized spacial score (nSPS) is 13.9. The van der Waals surface area contributed by atoms with Crippen molar-refractivity contribution in [3.8, 4) is 11.8 Å². The summed E-state index contributed by atoms with van der Waals surface area (Å²) in [6.45, 7) is 8.64. The number of nitrogens with zero attached hydrogens (tertiary/aromatic N) is 5. The lowest BCUT2D eigenvalue weighted by Crippen LogP contribution is -2.44. The van der Waals surface area contributed by atoms with E-state index in [0.717, 1.165) is 48.4 Å². The number of hydrogen-bond donors (Lipinski definition) is 1. The Labute approximate surface area is 217 Å². The number of piperazine rings is 1. The van der Waals surface area contributed by atoms with Crippen molar-refractivity contribution >= 4 is 28.4 Å². The third kappa shape index (κ3) is 5.50. The van der Waals surface area contributed by atoms with Gasteiger partial charge in [-0.25, -0.2) is 4.98 Å². The van der Waals surface area contributed by atoms with Gasteiger partial charge in [-0.15, -0.1) is 0 Å². The molecule has 0 amide bonds. The fourth-order valence-electron chi connectivity index (χ4n) is 4.55. The van der Waals surface area contributed by atoms with Crippen LogP contribution in [-0.4, -0.2) is 52.7 Å². The summed E-state index contributed by atoms with van der Waals surface area (Å²) < 4.78 is 1.71. The third-order valence-corrected chi connectivity index (χ3v) is 6.81. The molecule has 0 unspecified atom stereocenters. The second-order valence-corrected chi connectivity index (χ2v) is 9.47. The van der Waals surface area contributed by atoms with Gasteiger partial charge in [0.2, 0.25) is 5.95 Å². The van der Waals surface area contributed by atoms with E-state index in [-0.39, 0.29) is 5.56 Å². The number of likely N-dealkylation sites (N-methyl/N-ethyl adjacent to an activating group) is 1. The summed E-state index contributed by atoms with van der Waals surface area (Å²) in [6, 6.07) is 18.2. The first kappa shape index (κ1) is 24.5. The topological polar surface area (TPSA) is 66.3 Å². The summed E-state index contributed by atoms with van der Waals surface area (Å²) >= 11 is 0. The molecule has 0 radical (unpaired) electrons. The molecule has 5 rings (SSSR count). The zero-order valence-electron chi connectivity index (χ0n) is 21.7. The van der Waals surface area contributed by atoms with Crippen LogP contribution in [0.15, 0.2) is 65.6 Å². The first-order valence-electron chi connectivity index (χ1n) is 12.8.